The van der Waals surface area contributed by atoms with Crippen molar-refractivity contribution in [2.45, 2.75) is 32.6 Å². The zero-order valence-corrected chi connectivity index (χ0v) is 12.4. The molecule has 6 heteroatoms. The second-order valence-corrected chi connectivity index (χ2v) is 6.70. The van der Waals surface area contributed by atoms with Crippen LogP contribution in [0.25, 0.3) is 0 Å². The van der Waals surface area contributed by atoms with Gasteiger partial charge in [-0.2, -0.15) is 18.0 Å². The van der Waals surface area contributed by atoms with Gasteiger partial charge in [-0.15, -0.1) is 0 Å². The second-order valence-electron chi connectivity index (χ2n) is 5.03. The van der Waals surface area contributed by atoms with Crippen LogP contribution in [0.1, 0.15) is 36.8 Å². The van der Waals surface area contributed by atoms with E-state index in [1.807, 2.05) is 0 Å². The predicted octanol–water partition coefficient (Wildman–Crippen LogP) is 2.40. The summed E-state index contributed by atoms with van der Waals surface area (Å²) >= 11 is 0. The number of anilines is 1. The largest absolute Gasteiger partial charge is 0.301 e. The van der Waals surface area contributed by atoms with Crippen LogP contribution >= 0.6 is 0 Å². The predicted molar refractivity (Wildman–Crippen MR) is 78.5 cm³/mol. The standard InChI is InChI=1S/C14H19N3O2S/c1-12-7-6-8-14(13(12)11-15)16-20(18,19)17-9-4-2-3-5-10-17/h6-8,16H,2-5,9-10H2,1H3. The van der Waals surface area contributed by atoms with E-state index in [0.717, 1.165) is 31.2 Å². The van der Waals surface area contributed by atoms with Gasteiger partial charge in [0.05, 0.1) is 11.3 Å². The highest BCUT2D eigenvalue weighted by molar-refractivity contribution is 7.90. The van der Waals surface area contributed by atoms with Crippen LogP contribution < -0.4 is 4.72 Å². The number of nitriles is 1. The lowest BCUT2D eigenvalue weighted by atomic mass is 10.1. The van der Waals surface area contributed by atoms with Crippen molar-refractivity contribution in [3.63, 3.8) is 0 Å². The average Bonchev–Trinajstić information content (AvgIpc) is 2.68. The quantitative estimate of drug-likeness (QED) is 0.930. The fourth-order valence-electron chi connectivity index (χ4n) is 2.39. The fourth-order valence-corrected chi connectivity index (χ4v) is 3.70. The number of nitrogens with one attached hydrogen (secondary N) is 1. The third-order valence-electron chi connectivity index (χ3n) is 3.53. The van der Waals surface area contributed by atoms with E-state index in [2.05, 4.69) is 10.8 Å². The molecule has 0 aromatic heterocycles. The van der Waals surface area contributed by atoms with Crippen LogP contribution in [0.15, 0.2) is 18.2 Å². The van der Waals surface area contributed by atoms with Gasteiger partial charge in [0.1, 0.15) is 6.07 Å². The van der Waals surface area contributed by atoms with Crippen LogP contribution in [-0.4, -0.2) is 25.8 Å². The number of nitrogens with zero attached hydrogens (tertiary/aromatic N) is 2. The monoisotopic (exact) mass is 293 g/mol. The Bertz CT molecular complexity index is 612. The molecule has 20 heavy (non-hydrogen) atoms. The van der Waals surface area contributed by atoms with Crippen molar-refractivity contribution in [2.24, 2.45) is 0 Å². The van der Waals surface area contributed by atoms with Gasteiger partial charge in [-0.05, 0) is 31.4 Å². The zero-order chi connectivity index (χ0) is 14.6. The molecule has 1 saturated heterocycles. The van der Waals surface area contributed by atoms with Gasteiger partial charge in [0.2, 0.25) is 0 Å². The first kappa shape index (κ1) is 14.8. The highest BCUT2D eigenvalue weighted by Gasteiger charge is 2.23. The molecule has 1 N–H and O–H groups in total. The summed E-state index contributed by atoms with van der Waals surface area (Å²) in [5.74, 6) is 0. The number of aryl methyl sites for hydroxylation is 1. The first-order valence-electron chi connectivity index (χ1n) is 6.82. The molecule has 0 aliphatic carbocycles. The molecule has 1 aromatic carbocycles. The molecule has 0 bridgehead atoms. The molecule has 0 unspecified atom stereocenters. The summed E-state index contributed by atoms with van der Waals surface area (Å²) in [6, 6.07) is 7.22. The Morgan fingerprint density at radius 3 is 2.45 bits per heavy atom. The number of hydrogen-bond acceptors (Lipinski definition) is 3. The van der Waals surface area contributed by atoms with Crippen LogP contribution in [-0.2, 0) is 10.2 Å². The first-order valence-corrected chi connectivity index (χ1v) is 8.26. The van der Waals surface area contributed by atoms with Crippen LogP contribution in [0.3, 0.4) is 0 Å². The van der Waals surface area contributed by atoms with E-state index < -0.39 is 10.2 Å². The van der Waals surface area contributed by atoms with E-state index in [-0.39, 0.29) is 0 Å². The summed E-state index contributed by atoms with van der Waals surface area (Å²) in [4.78, 5) is 0. The summed E-state index contributed by atoms with van der Waals surface area (Å²) in [6.07, 6.45) is 3.92. The molecule has 5 nitrogen and oxygen atoms in total. The maximum absolute atomic E-state index is 12.4. The van der Waals surface area contributed by atoms with Crippen molar-refractivity contribution < 1.29 is 8.42 Å². The lowest BCUT2D eigenvalue weighted by Crippen LogP contribution is -2.36. The molecule has 1 aromatic rings. The van der Waals surface area contributed by atoms with Crippen molar-refractivity contribution in [1.82, 2.24) is 4.31 Å². The molecule has 1 aliphatic heterocycles. The minimum absolute atomic E-state index is 0.358. The molecule has 0 saturated carbocycles. The lowest BCUT2D eigenvalue weighted by molar-refractivity contribution is 0.427. The van der Waals surface area contributed by atoms with E-state index in [0.29, 0.717) is 24.3 Å². The molecule has 0 amide bonds. The van der Waals surface area contributed by atoms with Gasteiger partial charge in [-0.25, -0.2) is 0 Å². The summed E-state index contributed by atoms with van der Waals surface area (Å²) in [5.41, 5.74) is 1.51. The summed E-state index contributed by atoms with van der Waals surface area (Å²) < 4.78 is 28.8. The van der Waals surface area contributed by atoms with Crippen molar-refractivity contribution in [3.05, 3.63) is 29.3 Å². The van der Waals surface area contributed by atoms with Crippen LogP contribution in [0.5, 0.6) is 0 Å². The topological polar surface area (TPSA) is 73.2 Å². The van der Waals surface area contributed by atoms with Crippen molar-refractivity contribution in [3.8, 4) is 6.07 Å². The molecule has 0 spiro atoms. The Kier molecular flexibility index (Phi) is 4.63. The molecule has 1 heterocycles. The maximum atomic E-state index is 12.4. The van der Waals surface area contributed by atoms with Gasteiger partial charge in [-0.3, -0.25) is 4.72 Å². The summed E-state index contributed by atoms with van der Waals surface area (Å²) in [5, 5.41) is 9.15. The van der Waals surface area contributed by atoms with Crippen LogP contribution in [0, 0.1) is 18.3 Å². The van der Waals surface area contributed by atoms with Gasteiger partial charge < -0.3 is 0 Å². The number of benzene rings is 1. The average molecular weight is 293 g/mol. The molecule has 2 rings (SSSR count). The van der Waals surface area contributed by atoms with Gasteiger partial charge in [0.25, 0.3) is 0 Å². The lowest BCUT2D eigenvalue weighted by Gasteiger charge is -2.21. The summed E-state index contributed by atoms with van der Waals surface area (Å²) in [6.45, 7) is 2.88. The normalized spacial score (nSPS) is 17.2. The smallest absolute Gasteiger partial charge is 0.270 e. The van der Waals surface area contributed by atoms with Gasteiger partial charge >= 0.3 is 10.2 Å². The van der Waals surface area contributed by atoms with E-state index in [1.54, 1.807) is 25.1 Å². The Labute approximate surface area is 120 Å². The first-order chi connectivity index (χ1) is 9.54. The minimum Gasteiger partial charge on any atom is -0.270 e. The molecule has 0 atom stereocenters. The third kappa shape index (κ3) is 3.30. The molecule has 1 aliphatic rings. The van der Waals surface area contributed by atoms with E-state index in [9.17, 15) is 8.42 Å². The van der Waals surface area contributed by atoms with Gasteiger partial charge in [0.15, 0.2) is 0 Å². The second kappa shape index (κ2) is 6.25. The van der Waals surface area contributed by atoms with Gasteiger partial charge in [-0.1, -0.05) is 25.0 Å². The Morgan fingerprint density at radius 2 is 1.85 bits per heavy atom. The minimum atomic E-state index is -3.58. The Balaban J connectivity index is 2.24. The third-order valence-corrected chi connectivity index (χ3v) is 5.05. The SMILES string of the molecule is Cc1cccc(NS(=O)(=O)N2CCCCCC2)c1C#N. The maximum Gasteiger partial charge on any atom is 0.301 e. The Morgan fingerprint density at radius 1 is 1.20 bits per heavy atom. The van der Waals surface area contributed by atoms with E-state index in [4.69, 9.17) is 5.26 Å². The highest BCUT2D eigenvalue weighted by Crippen LogP contribution is 2.21. The van der Waals surface area contributed by atoms with E-state index >= 15 is 0 Å². The zero-order valence-electron chi connectivity index (χ0n) is 11.6. The molecular formula is C14H19N3O2S. The molecule has 0 radical (unpaired) electrons. The Hall–Kier alpha value is -1.58. The number of hydrogen-bond donors (Lipinski definition) is 1. The van der Waals surface area contributed by atoms with Crippen molar-refractivity contribution in [1.29, 1.82) is 5.26 Å². The molecule has 108 valence electrons. The van der Waals surface area contributed by atoms with Crippen LogP contribution in [0.4, 0.5) is 5.69 Å². The summed E-state index contributed by atoms with van der Waals surface area (Å²) in [7, 11) is -3.58. The highest BCUT2D eigenvalue weighted by atomic mass is 32.2. The van der Waals surface area contributed by atoms with Crippen molar-refractivity contribution >= 4 is 15.9 Å². The van der Waals surface area contributed by atoms with Gasteiger partial charge in [0, 0.05) is 13.1 Å². The molecular weight excluding hydrogens is 274 g/mol. The van der Waals surface area contributed by atoms with E-state index in [1.165, 1.54) is 4.31 Å². The van der Waals surface area contributed by atoms with Crippen molar-refractivity contribution in [2.75, 3.05) is 17.8 Å². The fraction of sp³-hybridized carbons (Fsp3) is 0.500. The van der Waals surface area contributed by atoms with Crippen LogP contribution in [0.2, 0.25) is 0 Å². The number of rotatable bonds is 3. The molecule has 1 fully saturated rings.